The van der Waals surface area contributed by atoms with Crippen molar-refractivity contribution in [1.82, 2.24) is 9.94 Å². The molecular weight excluding hydrogens is 158 g/mol. The highest BCUT2D eigenvalue weighted by Crippen LogP contribution is 2.01. The molecule has 1 rings (SSSR count). The van der Waals surface area contributed by atoms with E-state index in [1.807, 2.05) is 0 Å². The summed E-state index contributed by atoms with van der Waals surface area (Å²) in [7, 11) is 1.46. The minimum atomic E-state index is -0.235. The number of hydrogen-bond donors (Lipinski definition) is 1. The highest BCUT2D eigenvalue weighted by atomic mass is 16.7. The molecule has 1 aromatic heterocycles. The van der Waals surface area contributed by atoms with E-state index in [1.165, 1.54) is 12.0 Å². The smallest absolute Gasteiger partial charge is 0.226 e. The van der Waals surface area contributed by atoms with Crippen LogP contribution >= 0.6 is 0 Å². The molecule has 1 aromatic rings. The van der Waals surface area contributed by atoms with Crippen LogP contribution < -0.4 is 16.0 Å². The van der Waals surface area contributed by atoms with Gasteiger partial charge in [-0.05, 0) is 13.8 Å². The van der Waals surface area contributed by atoms with Gasteiger partial charge in [-0.3, -0.25) is 4.79 Å². The summed E-state index contributed by atoms with van der Waals surface area (Å²) >= 11 is 0. The highest BCUT2D eigenvalue weighted by molar-refractivity contribution is 5.42. The van der Waals surface area contributed by atoms with Crippen molar-refractivity contribution in [3.63, 3.8) is 0 Å². The van der Waals surface area contributed by atoms with E-state index in [1.54, 1.807) is 13.8 Å². The average Bonchev–Trinajstić information content (AvgIpc) is 2.08. The molecular formula is C7H11N3O2. The van der Waals surface area contributed by atoms with E-state index in [0.717, 1.165) is 0 Å². The zero-order valence-corrected chi connectivity index (χ0v) is 7.29. The number of rotatable bonds is 1. The number of nitrogens with zero attached hydrogens (tertiary/aromatic N) is 2. The molecule has 0 radical (unpaired) electrons. The van der Waals surface area contributed by atoms with Gasteiger partial charge in [0.05, 0.1) is 0 Å². The lowest BCUT2D eigenvalue weighted by molar-refractivity contribution is 0.123. The quantitative estimate of drug-likeness (QED) is 0.615. The molecule has 12 heavy (non-hydrogen) atoms. The largest absolute Gasteiger partial charge is 0.400 e. The number of aromatic nitrogens is 2. The molecule has 66 valence electrons. The molecule has 1 heterocycles. The van der Waals surface area contributed by atoms with Crippen LogP contribution in [0.15, 0.2) is 4.79 Å². The van der Waals surface area contributed by atoms with Crippen molar-refractivity contribution in [3.8, 4) is 0 Å². The first kappa shape index (κ1) is 8.58. The summed E-state index contributed by atoms with van der Waals surface area (Å²) < 4.78 is 0. The fraction of sp³-hybridized carbons (Fsp3) is 0.429. The van der Waals surface area contributed by atoms with Crippen LogP contribution in [0.25, 0.3) is 0 Å². The molecule has 0 amide bonds. The lowest BCUT2D eigenvalue weighted by Gasteiger charge is -2.08. The van der Waals surface area contributed by atoms with Gasteiger partial charge in [0.1, 0.15) is 24.2 Å². The Balaban J connectivity index is 3.50. The van der Waals surface area contributed by atoms with Crippen molar-refractivity contribution >= 4 is 5.69 Å². The summed E-state index contributed by atoms with van der Waals surface area (Å²) in [5, 5.41) is 3.85. The predicted molar refractivity (Wildman–Crippen MR) is 44.9 cm³/mol. The van der Waals surface area contributed by atoms with Crippen LogP contribution in [0, 0.1) is 13.8 Å². The van der Waals surface area contributed by atoms with E-state index >= 15 is 0 Å². The molecule has 0 aliphatic heterocycles. The van der Waals surface area contributed by atoms with Gasteiger partial charge in [0.25, 0.3) is 0 Å². The van der Waals surface area contributed by atoms with E-state index in [0.29, 0.717) is 11.4 Å². The number of anilines is 1. The van der Waals surface area contributed by atoms with Gasteiger partial charge in [-0.2, -0.15) is 0 Å². The van der Waals surface area contributed by atoms with Gasteiger partial charge in [-0.1, -0.05) is 0 Å². The number of hydrogen-bond acceptors (Lipinski definition) is 4. The van der Waals surface area contributed by atoms with Gasteiger partial charge >= 0.3 is 0 Å². The summed E-state index contributed by atoms with van der Waals surface area (Å²) in [5.41, 5.74) is 6.31. The van der Waals surface area contributed by atoms with Crippen LogP contribution in [0.2, 0.25) is 0 Å². The van der Waals surface area contributed by atoms with Crippen LogP contribution in [0.3, 0.4) is 0 Å². The van der Waals surface area contributed by atoms with Crippen molar-refractivity contribution in [3.05, 3.63) is 21.6 Å². The SMILES string of the molecule is COn1nc(C)c(=O)c(N)c1C. The van der Waals surface area contributed by atoms with Crippen molar-refractivity contribution in [1.29, 1.82) is 0 Å². The predicted octanol–water partition coefficient (Wildman–Crippen LogP) is -0.499. The third-order valence-electron chi connectivity index (χ3n) is 1.66. The fourth-order valence-corrected chi connectivity index (χ4v) is 0.897. The van der Waals surface area contributed by atoms with Crippen LogP contribution in [0.4, 0.5) is 5.69 Å². The first-order valence-corrected chi connectivity index (χ1v) is 3.48. The van der Waals surface area contributed by atoms with E-state index in [2.05, 4.69) is 5.10 Å². The molecule has 5 nitrogen and oxygen atoms in total. The maximum atomic E-state index is 11.2. The zero-order valence-electron chi connectivity index (χ0n) is 7.29. The molecule has 0 saturated carbocycles. The Kier molecular flexibility index (Phi) is 2.03. The van der Waals surface area contributed by atoms with E-state index < -0.39 is 0 Å². The van der Waals surface area contributed by atoms with Gasteiger partial charge < -0.3 is 10.6 Å². The summed E-state index contributed by atoms with van der Waals surface area (Å²) in [4.78, 5) is 17.3. The molecule has 0 aromatic carbocycles. The maximum absolute atomic E-state index is 11.2. The van der Waals surface area contributed by atoms with Gasteiger partial charge in [-0.25, -0.2) is 0 Å². The van der Waals surface area contributed by atoms with Gasteiger partial charge in [-0.15, -0.1) is 9.94 Å². The Labute approximate surface area is 69.7 Å². The first-order chi connectivity index (χ1) is 5.57. The van der Waals surface area contributed by atoms with E-state index in [-0.39, 0.29) is 11.1 Å². The first-order valence-electron chi connectivity index (χ1n) is 3.48. The van der Waals surface area contributed by atoms with Gasteiger partial charge in [0.2, 0.25) is 5.43 Å². The molecule has 0 aliphatic carbocycles. The van der Waals surface area contributed by atoms with Crippen LogP contribution in [0.1, 0.15) is 11.4 Å². The van der Waals surface area contributed by atoms with E-state index in [9.17, 15) is 4.79 Å². The molecule has 0 bridgehead atoms. The average molecular weight is 169 g/mol. The molecule has 0 aliphatic rings. The number of aryl methyl sites for hydroxylation is 1. The Bertz CT molecular complexity index is 356. The van der Waals surface area contributed by atoms with Gasteiger partial charge in [0.15, 0.2) is 0 Å². The molecule has 0 spiro atoms. The van der Waals surface area contributed by atoms with E-state index in [4.69, 9.17) is 10.6 Å². The molecule has 2 N–H and O–H groups in total. The molecule has 0 saturated heterocycles. The van der Waals surface area contributed by atoms with Crippen molar-refractivity contribution < 1.29 is 4.84 Å². The van der Waals surface area contributed by atoms with Gasteiger partial charge in [0, 0.05) is 0 Å². The normalized spacial score (nSPS) is 9.92. The second-order valence-corrected chi connectivity index (χ2v) is 2.47. The number of nitrogens with two attached hydrogens (primary N) is 1. The molecule has 5 heteroatoms. The van der Waals surface area contributed by atoms with Crippen molar-refractivity contribution in [2.75, 3.05) is 12.8 Å². The maximum Gasteiger partial charge on any atom is 0.226 e. The summed E-state index contributed by atoms with van der Waals surface area (Å²) in [5.74, 6) is 0. The third-order valence-corrected chi connectivity index (χ3v) is 1.66. The Morgan fingerprint density at radius 3 is 2.58 bits per heavy atom. The summed E-state index contributed by atoms with van der Waals surface area (Å²) in [6, 6.07) is 0. The molecule has 0 unspecified atom stereocenters. The fourth-order valence-electron chi connectivity index (χ4n) is 0.897. The van der Waals surface area contributed by atoms with Crippen LogP contribution in [0.5, 0.6) is 0 Å². The van der Waals surface area contributed by atoms with Crippen molar-refractivity contribution in [2.24, 2.45) is 0 Å². The van der Waals surface area contributed by atoms with Crippen LogP contribution in [-0.4, -0.2) is 17.1 Å². The molecule has 0 fully saturated rings. The Morgan fingerprint density at radius 2 is 2.08 bits per heavy atom. The lowest BCUT2D eigenvalue weighted by atomic mass is 10.3. The molecule has 0 atom stereocenters. The standard InChI is InChI=1S/C7H11N3O2/c1-4-7(11)6(8)5(2)10(9-4)12-3/h8H2,1-3H3. The lowest BCUT2D eigenvalue weighted by Crippen LogP contribution is -2.25. The van der Waals surface area contributed by atoms with Crippen LogP contribution in [-0.2, 0) is 0 Å². The zero-order chi connectivity index (χ0) is 9.30. The highest BCUT2D eigenvalue weighted by Gasteiger charge is 2.07. The number of nitrogen functional groups attached to an aromatic ring is 1. The summed E-state index contributed by atoms with van der Waals surface area (Å²) in [6.45, 7) is 3.26. The monoisotopic (exact) mass is 169 g/mol. The Morgan fingerprint density at radius 1 is 1.50 bits per heavy atom. The topological polar surface area (TPSA) is 70.1 Å². The third kappa shape index (κ3) is 1.13. The minimum Gasteiger partial charge on any atom is -0.400 e. The van der Waals surface area contributed by atoms with Crippen molar-refractivity contribution in [2.45, 2.75) is 13.8 Å². The second-order valence-electron chi connectivity index (χ2n) is 2.47. The summed E-state index contributed by atoms with van der Waals surface area (Å²) in [6.07, 6.45) is 0. The second kappa shape index (κ2) is 2.84. The minimum absolute atomic E-state index is 0.185. The Hall–Kier alpha value is -1.52.